The van der Waals surface area contributed by atoms with Crippen LogP contribution in [0.4, 0.5) is 13.2 Å². The van der Waals surface area contributed by atoms with Gasteiger partial charge in [-0.25, -0.2) is 0 Å². The molecule has 0 fully saturated rings. The molecule has 0 aliphatic rings. The van der Waals surface area contributed by atoms with E-state index in [0.717, 1.165) is 17.7 Å². The molecular weight excluding hydrogens is 351 g/mol. The average molecular weight is 365 g/mol. The van der Waals surface area contributed by atoms with E-state index in [0.29, 0.717) is 27.1 Å². The molecule has 2 nitrogen and oxygen atoms in total. The zero-order valence-corrected chi connectivity index (χ0v) is 14.3. The molecule has 0 amide bonds. The molecule has 0 spiro atoms. The van der Waals surface area contributed by atoms with Crippen molar-refractivity contribution in [2.75, 3.05) is 0 Å². The van der Waals surface area contributed by atoms with Crippen LogP contribution < -0.4 is 0 Å². The maximum Gasteiger partial charge on any atom is 0.416 e. The van der Waals surface area contributed by atoms with Crippen LogP contribution >= 0.6 is 0 Å². The van der Waals surface area contributed by atoms with Gasteiger partial charge in [0.2, 0.25) is 5.78 Å². The zero-order chi connectivity index (χ0) is 19.2. The van der Waals surface area contributed by atoms with Crippen LogP contribution in [0, 0.1) is 6.92 Å². The lowest BCUT2D eigenvalue weighted by Crippen LogP contribution is -2.07. The molecule has 0 saturated carbocycles. The highest BCUT2D eigenvalue weighted by atomic mass is 19.4. The standard InChI is InChI=1S/C22H14F3NO/c1-13-5-6-14-11-19(21(27)20-4-2-3-9-26-20)16-8-7-15(22(23,24)25)12-18(16)17(14)10-13/h2-12H,1H3. The fourth-order valence-corrected chi connectivity index (χ4v) is 3.26. The summed E-state index contributed by atoms with van der Waals surface area (Å²) in [5.74, 6) is -0.317. The third-order valence-electron chi connectivity index (χ3n) is 4.58. The van der Waals surface area contributed by atoms with Gasteiger partial charge in [0.15, 0.2) is 0 Å². The second kappa shape index (κ2) is 6.20. The molecule has 4 rings (SSSR count). The van der Waals surface area contributed by atoms with Crippen LogP contribution in [0.15, 0.2) is 66.9 Å². The fraction of sp³-hybridized carbons (Fsp3) is 0.0909. The largest absolute Gasteiger partial charge is 0.416 e. The van der Waals surface area contributed by atoms with Crippen LogP contribution in [0.5, 0.6) is 0 Å². The minimum Gasteiger partial charge on any atom is -0.287 e. The van der Waals surface area contributed by atoms with Gasteiger partial charge in [-0.1, -0.05) is 35.9 Å². The van der Waals surface area contributed by atoms with Crippen molar-refractivity contribution in [1.82, 2.24) is 4.98 Å². The number of aryl methyl sites for hydroxylation is 1. The predicted octanol–water partition coefficient (Wildman–Crippen LogP) is 5.95. The molecule has 0 bridgehead atoms. The van der Waals surface area contributed by atoms with Crippen molar-refractivity contribution in [3.8, 4) is 0 Å². The molecule has 3 aromatic carbocycles. The van der Waals surface area contributed by atoms with Crippen LogP contribution in [0.25, 0.3) is 21.5 Å². The summed E-state index contributed by atoms with van der Waals surface area (Å²) in [6, 6.07) is 15.8. The van der Waals surface area contributed by atoms with E-state index in [1.165, 1.54) is 12.3 Å². The minimum absolute atomic E-state index is 0.255. The number of aromatic nitrogens is 1. The smallest absolute Gasteiger partial charge is 0.287 e. The van der Waals surface area contributed by atoms with Gasteiger partial charge in [0.25, 0.3) is 0 Å². The zero-order valence-electron chi connectivity index (χ0n) is 14.3. The number of rotatable bonds is 2. The maximum atomic E-state index is 13.2. The lowest BCUT2D eigenvalue weighted by atomic mass is 9.92. The number of pyridine rings is 1. The van der Waals surface area contributed by atoms with Crippen molar-refractivity contribution in [2.45, 2.75) is 13.1 Å². The second-order valence-corrected chi connectivity index (χ2v) is 6.45. The van der Waals surface area contributed by atoms with Crippen molar-refractivity contribution < 1.29 is 18.0 Å². The number of hydrogen-bond acceptors (Lipinski definition) is 2. The van der Waals surface area contributed by atoms with E-state index in [-0.39, 0.29) is 11.5 Å². The number of hydrogen-bond donors (Lipinski definition) is 0. The quantitative estimate of drug-likeness (QED) is 0.325. The third-order valence-corrected chi connectivity index (χ3v) is 4.58. The van der Waals surface area contributed by atoms with E-state index >= 15 is 0 Å². The molecule has 5 heteroatoms. The Labute approximate surface area is 153 Å². The molecule has 1 aromatic heterocycles. The first kappa shape index (κ1) is 17.2. The van der Waals surface area contributed by atoms with Crippen molar-refractivity contribution >= 4 is 27.3 Å². The Hall–Kier alpha value is -3.21. The molecular formula is C22H14F3NO. The number of fused-ring (bicyclic) bond motifs is 3. The van der Waals surface area contributed by atoms with Crippen molar-refractivity contribution in [3.63, 3.8) is 0 Å². The molecule has 0 atom stereocenters. The van der Waals surface area contributed by atoms with Crippen LogP contribution in [0.1, 0.15) is 27.2 Å². The summed E-state index contributed by atoms with van der Waals surface area (Å²) in [5.41, 5.74) is 0.796. The number of ketones is 1. The van der Waals surface area contributed by atoms with Crippen molar-refractivity contribution in [2.24, 2.45) is 0 Å². The lowest BCUT2D eigenvalue weighted by Gasteiger charge is -2.13. The van der Waals surface area contributed by atoms with Gasteiger partial charge in [-0.3, -0.25) is 9.78 Å². The maximum absolute atomic E-state index is 13.2. The first-order chi connectivity index (χ1) is 12.8. The van der Waals surface area contributed by atoms with Gasteiger partial charge in [-0.15, -0.1) is 0 Å². The summed E-state index contributed by atoms with van der Waals surface area (Å²) in [5, 5.41) is 2.29. The number of benzene rings is 3. The van der Waals surface area contributed by atoms with Gasteiger partial charge in [-0.2, -0.15) is 13.2 Å². The van der Waals surface area contributed by atoms with Crippen LogP contribution in [0.2, 0.25) is 0 Å². The summed E-state index contributed by atoms with van der Waals surface area (Å²) in [6.07, 6.45) is -2.94. The normalized spacial score (nSPS) is 11.9. The Morgan fingerprint density at radius 1 is 0.889 bits per heavy atom. The number of carbonyl (C=O) groups is 1. The molecule has 4 aromatic rings. The molecule has 0 N–H and O–H groups in total. The minimum atomic E-state index is -4.45. The monoisotopic (exact) mass is 365 g/mol. The highest BCUT2D eigenvalue weighted by Crippen LogP contribution is 2.36. The third kappa shape index (κ3) is 3.05. The molecule has 0 unspecified atom stereocenters. The Morgan fingerprint density at radius 2 is 1.70 bits per heavy atom. The van der Waals surface area contributed by atoms with Gasteiger partial charge in [0.05, 0.1) is 5.56 Å². The van der Waals surface area contributed by atoms with E-state index in [4.69, 9.17) is 0 Å². The van der Waals surface area contributed by atoms with Crippen LogP contribution in [-0.4, -0.2) is 10.8 Å². The van der Waals surface area contributed by atoms with E-state index in [1.807, 2.05) is 25.1 Å². The number of halogens is 3. The SMILES string of the molecule is Cc1ccc2cc(C(=O)c3ccccn3)c3ccc(C(F)(F)F)cc3c2c1. The van der Waals surface area contributed by atoms with Crippen molar-refractivity contribution in [1.29, 1.82) is 0 Å². The number of nitrogens with zero attached hydrogens (tertiary/aromatic N) is 1. The Morgan fingerprint density at radius 3 is 2.41 bits per heavy atom. The van der Waals surface area contributed by atoms with Crippen LogP contribution in [-0.2, 0) is 6.18 Å². The Bertz CT molecular complexity index is 1180. The molecule has 0 radical (unpaired) electrons. The summed E-state index contributed by atoms with van der Waals surface area (Å²) >= 11 is 0. The first-order valence-electron chi connectivity index (χ1n) is 8.34. The molecule has 0 aliphatic heterocycles. The number of carbonyl (C=O) groups excluding carboxylic acids is 1. The second-order valence-electron chi connectivity index (χ2n) is 6.45. The van der Waals surface area contributed by atoms with Gasteiger partial charge >= 0.3 is 6.18 Å². The van der Waals surface area contributed by atoms with Gasteiger partial charge in [0.1, 0.15) is 5.69 Å². The van der Waals surface area contributed by atoms with E-state index < -0.39 is 11.7 Å². The summed E-state index contributed by atoms with van der Waals surface area (Å²) < 4.78 is 39.7. The highest BCUT2D eigenvalue weighted by molar-refractivity contribution is 6.21. The average Bonchev–Trinajstić information content (AvgIpc) is 2.66. The topological polar surface area (TPSA) is 30.0 Å². The Balaban J connectivity index is 2.07. The molecule has 0 aliphatic carbocycles. The lowest BCUT2D eigenvalue weighted by molar-refractivity contribution is -0.137. The fourth-order valence-electron chi connectivity index (χ4n) is 3.26. The summed E-state index contributed by atoms with van der Waals surface area (Å²) in [6.45, 7) is 1.88. The first-order valence-corrected chi connectivity index (χ1v) is 8.34. The molecule has 0 saturated heterocycles. The van der Waals surface area contributed by atoms with E-state index in [2.05, 4.69) is 4.98 Å². The van der Waals surface area contributed by atoms with E-state index in [9.17, 15) is 18.0 Å². The predicted molar refractivity (Wildman–Crippen MR) is 98.9 cm³/mol. The molecule has 134 valence electrons. The van der Waals surface area contributed by atoms with E-state index in [1.54, 1.807) is 24.3 Å². The molecule has 27 heavy (non-hydrogen) atoms. The van der Waals surface area contributed by atoms with Gasteiger partial charge in [-0.05, 0) is 58.8 Å². The highest BCUT2D eigenvalue weighted by Gasteiger charge is 2.31. The molecule has 1 heterocycles. The van der Waals surface area contributed by atoms with Gasteiger partial charge < -0.3 is 0 Å². The van der Waals surface area contributed by atoms with Gasteiger partial charge in [0, 0.05) is 11.8 Å². The summed E-state index contributed by atoms with van der Waals surface area (Å²) in [4.78, 5) is 17.1. The Kier molecular flexibility index (Phi) is 3.95. The van der Waals surface area contributed by atoms with Crippen molar-refractivity contribution in [3.05, 3.63) is 89.2 Å². The number of alkyl halides is 3. The van der Waals surface area contributed by atoms with Crippen LogP contribution in [0.3, 0.4) is 0 Å². The summed E-state index contributed by atoms with van der Waals surface area (Å²) in [7, 11) is 0.